The number of likely N-dealkylation sites (tertiary alicyclic amines) is 1. The van der Waals surface area contributed by atoms with Crippen molar-refractivity contribution in [2.75, 3.05) is 32.8 Å². The van der Waals surface area contributed by atoms with Gasteiger partial charge in [-0.05, 0) is 38.6 Å². The molecule has 2 saturated heterocycles. The van der Waals surface area contributed by atoms with Crippen molar-refractivity contribution >= 4 is 6.29 Å². The number of aliphatic hydroxyl groups is 1. The molecule has 2 fully saturated rings. The van der Waals surface area contributed by atoms with Crippen LogP contribution in [0.5, 0.6) is 0 Å². The number of hydrogen-bond acceptors (Lipinski definition) is 4. The molecule has 1 N–H and O–H groups in total. The molecular weight excluding hydrogens is 218 g/mol. The summed E-state index contributed by atoms with van der Waals surface area (Å²) in [5.41, 5.74) is -0.203. The molecule has 0 aliphatic carbocycles. The van der Waals surface area contributed by atoms with Gasteiger partial charge in [0, 0.05) is 31.7 Å². The predicted molar refractivity (Wildman–Crippen MR) is 64.8 cm³/mol. The lowest BCUT2D eigenvalue weighted by Gasteiger charge is -2.35. The van der Waals surface area contributed by atoms with Gasteiger partial charge in [-0.25, -0.2) is 0 Å². The van der Waals surface area contributed by atoms with Crippen LogP contribution in [0.25, 0.3) is 0 Å². The first kappa shape index (κ1) is 13.0. The van der Waals surface area contributed by atoms with Crippen molar-refractivity contribution in [3.63, 3.8) is 0 Å². The number of hydrogen-bond donors (Lipinski definition) is 1. The monoisotopic (exact) mass is 241 g/mol. The largest absolute Gasteiger partial charge is 0.393 e. The maximum Gasteiger partial charge on any atom is 0.127 e. The third kappa shape index (κ3) is 3.06. The van der Waals surface area contributed by atoms with Crippen LogP contribution in [0.3, 0.4) is 0 Å². The fourth-order valence-corrected chi connectivity index (χ4v) is 2.94. The van der Waals surface area contributed by atoms with E-state index in [2.05, 4.69) is 4.90 Å². The first-order valence-corrected chi connectivity index (χ1v) is 6.60. The molecule has 98 valence electrons. The predicted octanol–water partition coefficient (Wildman–Crippen LogP) is 0.685. The van der Waals surface area contributed by atoms with Crippen molar-refractivity contribution in [1.82, 2.24) is 4.90 Å². The van der Waals surface area contributed by atoms with E-state index >= 15 is 0 Å². The summed E-state index contributed by atoms with van der Waals surface area (Å²) in [5, 5.41) is 9.58. The maximum atomic E-state index is 11.4. The first-order valence-electron chi connectivity index (χ1n) is 6.60. The zero-order valence-electron chi connectivity index (χ0n) is 10.6. The molecule has 4 nitrogen and oxygen atoms in total. The van der Waals surface area contributed by atoms with E-state index in [4.69, 9.17) is 4.74 Å². The fourth-order valence-electron chi connectivity index (χ4n) is 2.94. The standard InChI is InChI=1S/C13H23NO3/c1-11(16)12-2-5-14(8-12)9-13(10-15)3-6-17-7-4-13/h10-12,16H,2-9H2,1H3. The van der Waals surface area contributed by atoms with Crippen molar-refractivity contribution in [2.45, 2.75) is 32.3 Å². The second-order valence-electron chi connectivity index (χ2n) is 5.62. The number of carbonyl (C=O) groups excluding carboxylic acids is 1. The maximum absolute atomic E-state index is 11.4. The molecule has 2 heterocycles. The molecule has 2 unspecified atom stereocenters. The minimum Gasteiger partial charge on any atom is -0.393 e. The summed E-state index contributed by atoms with van der Waals surface area (Å²) in [6.07, 6.45) is 3.62. The summed E-state index contributed by atoms with van der Waals surface area (Å²) in [6, 6.07) is 0. The lowest BCUT2D eigenvalue weighted by molar-refractivity contribution is -0.122. The van der Waals surface area contributed by atoms with Gasteiger partial charge in [-0.3, -0.25) is 0 Å². The van der Waals surface area contributed by atoms with E-state index in [1.807, 2.05) is 6.92 Å². The normalized spacial score (nSPS) is 31.3. The second-order valence-corrected chi connectivity index (χ2v) is 5.62. The molecule has 2 rings (SSSR count). The molecule has 0 aromatic carbocycles. The van der Waals surface area contributed by atoms with Gasteiger partial charge in [0.15, 0.2) is 0 Å². The van der Waals surface area contributed by atoms with Crippen LogP contribution in [0.1, 0.15) is 26.2 Å². The van der Waals surface area contributed by atoms with Gasteiger partial charge in [-0.1, -0.05) is 0 Å². The minimum absolute atomic E-state index is 0.203. The lowest BCUT2D eigenvalue weighted by atomic mass is 9.81. The molecule has 2 aliphatic rings. The van der Waals surface area contributed by atoms with Crippen LogP contribution < -0.4 is 0 Å². The molecule has 0 spiro atoms. The van der Waals surface area contributed by atoms with Gasteiger partial charge < -0.3 is 19.5 Å². The summed E-state index contributed by atoms with van der Waals surface area (Å²) in [7, 11) is 0. The Hall–Kier alpha value is -0.450. The van der Waals surface area contributed by atoms with Gasteiger partial charge in [0.2, 0.25) is 0 Å². The Kier molecular flexibility index (Phi) is 4.17. The molecule has 2 atom stereocenters. The van der Waals surface area contributed by atoms with E-state index in [9.17, 15) is 9.90 Å². The molecule has 17 heavy (non-hydrogen) atoms. The van der Waals surface area contributed by atoms with E-state index in [1.165, 1.54) is 0 Å². The van der Waals surface area contributed by atoms with E-state index < -0.39 is 0 Å². The number of ether oxygens (including phenoxy) is 1. The highest BCUT2D eigenvalue weighted by Gasteiger charge is 2.36. The highest BCUT2D eigenvalue weighted by Crippen LogP contribution is 2.31. The third-order valence-corrected chi connectivity index (χ3v) is 4.27. The van der Waals surface area contributed by atoms with Crippen LogP contribution in [0.2, 0.25) is 0 Å². The summed E-state index contributed by atoms with van der Waals surface area (Å²) in [5.74, 6) is 0.374. The third-order valence-electron chi connectivity index (χ3n) is 4.27. The van der Waals surface area contributed by atoms with E-state index in [0.29, 0.717) is 19.1 Å². The highest BCUT2D eigenvalue weighted by molar-refractivity contribution is 5.60. The zero-order valence-corrected chi connectivity index (χ0v) is 10.6. The van der Waals surface area contributed by atoms with E-state index in [1.54, 1.807) is 0 Å². The Morgan fingerprint density at radius 3 is 2.76 bits per heavy atom. The summed E-state index contributed by atoms with van der Waals surface area (Å²) in [6.45, 7) is 6.03. The Labute approximate surface area is 103 Å². The molecular formula is C13H23NO3. The van der Waals surface area contributed by atoms with Crippen LogP contribution in [-0.4, -0.2) is 55.2 Å². The number of carbonyl (C=O) groups is 1. The molecule has 2 aliphatic heterocycles. The molecule has 0 aromatic heterocycles. The number of rotatable bonds is 4. The van der Waals surface area contributed by atoms with Crippen LogP contribution in [-0.2, 0) is 9.53 Å². The Balaban J connectivity index is 1.89. The van der Waals surface area contributed by atoms with Gasteiger partial charge in [-0.15, -0.1) is 0 Å². The van der Waals surface area contributed by atoms with Crippen LogP contribution in [0, 0.1) is 11.3 Å². The summed E-state index contributed by atoms with van der Waals surface area (Å²) >= 11 is 0. The van der Waals surface area contributed by atoms with Crippen LogP contribution in [0.15, 0.2) is 0 Å². The van der Waals surface area contributed by atoms with Gasteiger partial charge in [0.25, 0.3) is 0 Å². The molecule has 4 heteroatoms. The molecule has 0 bridgehead atoms. The second kappa shape index (κ2) is 5.46. The quantitative estimate of drug-likeness (QED) is 0.736. The molecule has 0 aromatic rings. The smallest absolute Gasteiger partial charge is 0.127 e. The molecule has 0 amide bonds. The van der Waals surface area contributed by atoms with Crippen molar-refractivity contribution < 1.29 is 14.6 Å². The molecule has 0 radical (unpaired) electrons. The van der Waals surface area contributed by atoms with Crippen molar-refractivity contribution in [1.29, 1.82) is 0 Å². The Morgan fingerprint density at radius 2 is 2.24 bits per heavy atom. The van der Waals surface area contributed by atoms with Crippen LogP contribution >= 0.6 is 0 Å². The van der Waals surface area contributed by atoms with E-state index in [0.717, 1.165) is 45.2 Å². The topological polar surface area (TPSA) is 49.8 Å². The number of aldehydes is 1. The zero-order chi connectivity index (χ0) is 12.3. The van der Waals surface area contributed by atoms with Gasteiger partial charge in [0.05, 0.1) is 6.10 Å². The highest BCUT2D eigenvalue weighted by atomic mass is 16.5. The number of nitrogens with zero attached hydrogens (tertiary/aromatic N) is 1. The average molecular weight is 241 g/mol. The van der Waals surface area contributed by atoms with E-state index in [-0.39, 0.29) is 11.5 Å². The minimum atomic E-state index is -0.234. The van der Waals surface area contributed by atoms with Gasteiger partial charge >= 0.3 is 0 Å². The molecule has 0 saturated carbocycles. The lowest BCUT2D eigenvalue weighted by Crippen LogP contribution is -2.42. The summed E-state index contributed by atoms with van der Waals surface area (Å²) in [4.78, 5) is 13.7. The van der Waals surface area contributed by atoms with Crippen molar-refractivity contribution in [3.8, 4) is 0 Å². The van der Waals surface area contributed by atoms with Gasteiger partial charge in [0.1, 0.15) is 6.29 Å². The van der Waals surface area contributed by atoms with Crippen LogP contribution in [0.4, 0.5) is 0 Å². The fraction of sp³-hybridized carbons (Fsp3) is 0.923. The number of aliphatic hydroxyl groups excluding tert-OH is 1. The average Bonchev–Trinajstić information content (AvgIpc) is 2.79. The van der Waals surface area contributed by atoms with Crippen molar-refractivity contribution in [2.24, 2.45) is 11.3 Å². The van der Waals surface area contributed by atoms with Crippen molar-refractivity contribution in [3.05, 3.63) is 0 Å². The Bertz CT molecular complexity index is 261. The summed E-state index contributed by atoms with van der Waals surface area (Å²) < 4.78 is 5.33. The first-order chi connectivity index (χ1) is 8.15. The van der Waals surface area contributed by atoms with Gasteiger partial charge in [-0.2, -0.15) is 0 Å². The SMILES string of the molecule is CC(O)C1CCN(CC2(C=O)CCOCC2)C1. The Morgan fingerprint density at radius 1 is 1.53 bits per heavy atom.